The fourth-order valence-corrected chi connectivity index (χ4v) is 3.76. The van der Waals surface area contributed by atoms with Crippen LogP contribution in [0.3, 0.4) is 0 Å². The molecule has 5 nitrogen and oxygen atoms in total. The van der Waals surface area contributed by atoms with Crippen molar-refractivity contribution in [3.05, 3.63) is 59.1 Å². The molecule has 0 saturated heterocycles. The maximum absolute atomic E-state index is 12.6. The molecule has 0 saturated carbocycles. The molecule has 1 amide bonds. The average Bonchev–Trinajstić information content (AvgIpc) is 2.56. The van der Waals surface area contributed by atoms with E-state index in [1.165, 1.54) is 12.1 Å². The van der Waals surface area contributed by atoms with Gasteiger partial charge in [-0.2, -0.15) is 4.72 Å². The first-order chi connectivity index (χ1) is 11.7. The summed E-state index contributed by atoms with van der Waals surface area (Å²) in [5.74, 6) is -0.672. The van der Waals surface area contributed by atoms with Gasteiger partial charge in [0.1, 0.15) is 6.04 Å². The number of carbonyl (C=O) groups is 1. The molecule has 2 aromatic rings. The molecule has 0 heterocycles. The minimum absolute atomic E-state index is 0.117. The Bertz CT molecular complexity index is 852. The first kappa shape index (κ1) is 19.4. The Hall–Kier alpha value is -1.89. The van der Waals surface area contributed by atoms with Gasteiger partial charge in [0.15, 0.2) is 0 Å². The molecule has 0 bridgehead atoms. The van der Waals surface area contributed by atoms with Crippen LogP contribution in [0.1, 0.15) is 19.4 Å². The van der Waals surface area contributed by atoms with Gasteiger partial charge in [0.25, 0.3) is 0 Å². The zero-order chi connectivity index (χ0) is 18.6. The van der Waals surface area contributed by atoms with Gasteiger partial charge in [-0.15, -0.1) is 0 Å². The summed E-state index contributed by atoms with van der Waals surface area (Å²) < 4.78 is 27.5. The van der Waals surface area contributed by atoms with E-state index in [4.69, 9.17) is 11.6 Å². The molecule has 1 atom stereocenters. The minimum atomic E-state index is -3.79. The summed E-state index contributed by atoms with van der Waals surface area (Å²) in [4.78, 5) is 12.7. The Labute approximate surface area is 153 Å². The fraction of sp³-hybridized carbons (Fsp3) is 0.278. The van der Waals surface area contributed by atoms with E-state index in [1.807, 2.05) is 6.92 Å². The highest BCUT2D eigenvalue weighted by molar-refractivity contribution is 7.89. The third-order valence-electron chi connectivity index (χ3n) is 3.72. The highest BCUT2D eigenvalue weighted by atomic mass is 35.5. The number of hydrogen-bond donors (Lipinski definition) is 2. The number of amides is 1. The topological polar surface area (TPSA) is 75.3 Å². The van der Waals surface area contributed by atoms with Crippen molar-refractivity contribution < 1.29 is 13.2 Å². The smallest absolute Gasteiger partial charge is 0.242 e. The second-order valence-electron chi connectivity index (χ2n) is 6.11. The SMILES string of the molecule is Cc1ccc(NC(=O)[C@@H](NS(=O)(=O)c2ccccc2)C(C)C)cc1Cl. The first-order valence-corrected chi connectivity index (χ1v) is 9.71. The van der Waals surface area contributed by atoms with Crippen LogP contribution in [0.15, 0.2) is 53.4 Å². The number of hydrogen-bond acceptors (Lipinski definition) is 3. The molecule has 0 radical (unpaired) electrons. The highest BCUT2D eigenvalue weighted by Crippen LogP contribution is 2.21. The fourth-order valence-electron chi connectivity index (χ4n) is 2.22. The second kappa shape index (κ2) is 7.99. The molecule has 2 rings (SSSR count). The van der Waals surface area contributed by atoms with Crippen molar-refractivity contribution in [2.75, 3.05) is 5.32 Å². The van der Waals surface area contributed by atoms with Gasteiger partial charge < -0.3 is 5.32 Å². The first-order valence-electron chi connectivity index (χ1n) is 7.85. The summed E-state index contributed by atoms with van der Waals surface area (Å²) in [7, 11) is -3.79. The van der Waals surface area contributed by atoms with Crippen LogP contribution in [0.25, 0.3) is 0 Å². The van der Waals surface area contributed by atoms with Gasteiger partial charge in [-0.1, -0.05) is 49.7 Å². The third-order valence-corrected chi connectivity index (χ3v) is 5.59. The summed E-state index contributed by atoms with van der Waals surface area (Å²) in [6.07, 6.45) is 0. The van der Waals surface area contributed by atoms with Crippen molar-refractivity contribution in [2.24, 2.45) is 5.92 Å². The molecular formula is C18H21ClN2O3S. The van der Waals surface area contributed by atoms with E-state index in [-0.39, 0.29) is 10.8 Å². The van der Waals surface area contributed by atoms with Gasteiger partial charge in [-0.3, -0.25) is 4.79 Å². The lowest BCUT2D eigenvalue weighted by Crippen LogP contribution is -2.47. The van der Waals surface area contributed by atoms with Crippen molar-refractivity contribution in [1.29, 1.82) is 0 Å². The van der Waals surface area contributed by atoms with Crippen molar-refractivity contribution in [2.45, 2.75) is 31.7 Å². The lowest BCUT2D eigenvalue weighted by molar-refractivity contribution is -0.118. The number of sulfonamides is 1. The number of rotatable bonds is 6. The van der Waals surface area contributed by atoms with Crippen LogP contribution < -0.4 is 10.0 Å². The van der Waals surface area contributed by atoms with Crippen LogP contribution in [-0.4, -0.2) is 20.4 Å². The van der Waals surface area contributed by atoms with E-state index >= 15 is 0 Å². The average molecular weight is 381 g/mol. The summed E-state index contributed by atoms with van der Waals surface area (Å²) >= 11 is 6.06. The van der Waals surface area contributed by atoms with Gasteiger partial charge in [0.05, 0.1) is 4.90 Å². The maximum atomic E-state index is 12.6. The third kappa shape index (κ3) is 5.04. The number of aryl methyl sites for hydroxylation is 1. The van der Waals surface area contributed by atoms with Crippen LogP contribution >= 0.6 is 11.6 Å². The largest absolute Gasteiger partial charge is 0.325 e. The number of anilines is 1. The highest BCUT2D eigenvalue weighted by Gasteiger charge is 2.28. The normalized spacial score (nSPS) is 12.8. The Morgan fingerprint density at radius 2 is 1.72 bits per heavy atom. The van der Waals surface area contributed by atoms with E-state index in [1.54, 1.807) is 50.2 Å². The van der Waals surface area contributed by atoms with E-state index < -0.39 is 22.0 Å². The Balaban J connectivity index is 2.20. The number of benzene rings is 2. The molecule has 25 heavy (non-hydrogen) atoms. The van der Waals surface area contributed by atoms with Crippen molar-refractivity contribution in [1.82, 2.24) is 4.72 Å². The van der Waals surface area contributed by atoms with E-state index in [2.05, 4.69) is 10.0 Å². The monoisotopic (exact) mass is 380 g/mol. The van der Waals surface area contributed by atoms with Gasteiger partial charge in [-0.05, 0) is 42.7 Å². The molecular weight excluding hydrogens is 360 g/mol. The van der Waals surface area contributed by atoms with Gasteiger partial charge in [0.2, 0.25) is 15.9 Å². The molecule has 0 aromatic heterocycles. The van der Waals surface area contributed by atoms with Crippen LogP contribution in [0.5, 0.6) is 0 Å². The van der Waals surface area contributed by atoms with Crippen LogP contribution in [0.2, 0.25) is 5.02 Å². The molecule has 7 heteroatoms. The second-order valence-corrected chi connectivity index (χ2v) is 8.23. The van der Waals surface area contributed by atoms with E-state index in [9.17, 15) is 13.2 Å². The van der Waals surface area contributed by atoms with E-state index in [0.29, 0.717) is 10.7 Å². The zero-order valence-corrected chi connectivity index (χ0v) is 15.9. The van der Waals surface area contributed by atoms with Crippen molar-refractivity contribution >= 4 is 33.2 Å². The Morgan fingerprint density at radius 3 is 2.28 bits per heavy atom. The molecule has 2 aromatic carbocycles. The minimum Gasteiger partial charge on any atom is -0.325 e. The van der Waals surface area contributed by atoms with Crippen molar-refractivity contribution in [3.63, 3.8) is 0 Å². The summed E-state index contributed by atoms with van der Waals surface area (Å²) in [6, 6.07) is 12.2. The predicted octanol–water partition coefficient (Wildman–Crippen LogP) is 3.59. The van der Waals surface area contributed by atoms with Gasteiger partial charge in [-0.25, -0.2) is 8.42 Å². The molecule has 134 valence electrons. The van der Waals surface area contributed by atoms with Crippen molar-refractivity contribution in [3.8, 4) is 0 Å². The van der Waals surface area contributed by atoms with Gasteiger partial charge >= 0.3 is 0 Å². The number of nitrogens with one attached hydrogen (secondary N) is 2. The molecule has 0 aliphatic heterocycles. The molecule has 0 aliphatic rings. The lowest BCUT2D eigenvalue weighted by atomic mass is 10.0. The lowest BCUT2D eigenvalue weighted by Gasteiger charge is -2.22. The van der Waals surface area contributed by atoms with E-state index in [0.717, 1.165) is 5.56 Å². The molecule has 2 N–H and O–H groups in total. The Kier molecular flexibility index (Phi) is 6.21. The standard InChI is InChI=1S/C18H21ClN2O3S/c1-12(2)17(21-25(23,24)15-7-5-4-6-8-15)18(22)20-14-10-9-13(3)16(19)11-14/h4-12,17,21H,1-3H3,(H,20,22)/t17-/m0/s1. The maximum Gasteiger partial charge on any atom is 0.242 e. The number of halogens is 1. The predicted molar refractivity (Wildman–Crippen MR) is 100 cm³/mol. The van der Waals surface area contributed by atoms with Crippen LogP contribution in [-0.2, 0) is 14.8 Å². The Morgan fingerprint density at radius 1 is 1.08 bits per heavy atom. The number of carbonyl (C=O) groups excluding carboxylic acids is 1. The molecule has 0 spiro atoms. The van der Waals surface area contributed by atoms with Gasteiger partial charge in [0, 0.05) is 10.7 Å². The molecule has 0 aliphatic carbocycles. The van der Waals surface area contributed by atoms with Crippen LogP contribution in [0, 0.1) is 12.8 Å². The molecule has 0 fully saturated rings. The zero-order valence-electron chi connectivity index (χ0n) is 14.3. The summed E-state index contributed by atoms with van der Waals surface area (Å²) in [6.45, 7) is 5.42. The quantitative estimate of drug-likeness (QED) is 0.804. The molecule has 0 unspecified atom stereocenters. The summed E-state index contributed by atoms with van der Waals surface area (Å²) in [5, 5.41) is 3.25. The summed E-state index contributed by atoms with van der Waals surface area (Å²) in [5.41, 5.74) is 1.41. The van der Waals surface area contributed by atoms with Crippen LogP contribution in [0.4, 0.5) is 5.69 Å².